The van der Waals surface area contributed by atoms with E-state index in [4.69, 9.17) is 0 Å². The highest BCUT2D eigenvalue weighted by Crippen LogP contribution is 2.17. The normalized spacial score (nSPS) is 19.3. The molecule has 86 valence electrons. The van der Waals surface area contributed by atoms with Gasteiger partial charge in [-0.1, -0.05) is 19.3 Å². The molecular formula is C9H16FN3O2. The van der Waals surface area contributed by atoms with Crippen molar-refractivity contribution in [1.82, 2.24) is 10.3 Å². The lowest BCUT2D eigenvalue weighted by atomic mass is 9.96. The summed E-state index contributed by atoms with van der Waals surface area (Å²) in [5.41, 5.74) is 0. The fourth-order valence-corrected chi connectivity index (χ4v) is 1.75. The molecule has 0 heterocycles. The Hall–Kier alpha value is -1.20. The Morgan fingerprint density at radius 3 is 2.53 bits per heavy atom. The van der Waals surface area contributed by atoms with Crippen LogP contribution < -0.4 is 5.32 Å². The standard InChI is InChI=1S/C9H16FN3O2/c1-7(10)13(12-15)9(14)11-8-5-3-2-4-6-8/h7-8H,2-6H2,1H3,(H,11,14). The van der Waals surface area contributed by atoms with Crippen molar-refractivity contribution in [1.29, 1.82) is 0 Å². The predicted molar refractivity (Wildman–Crippen MR) is 53.6 cm³/mol. The van der Waals surface area contributed by atoms with Crippen LogP contribution in [0.3, 0.4) is 0 Å². The molecule has 0 saturated heterocycles. The van der Waals surface area contributed by atoms with E-state index in [0.29, 0.717) is 0 Å². The molecule has 15 heavy (non-hydrogen) atoms. The van der Waals surface area contributed by atoms with E-state index in [1.807, 2.05) is 0 Å². The lowest BCUT2D eigenvalue weighted by Gasteiger charge is -2.24. The van der Waals surface area contributed by atoms with Crippen LogP contribution in [-0.2, 0) is 0 Å². The van der Waals surface area contributed by atoms with Gasteiger partial charge in [-0.25, -0.2) is 9.18 Å². The number of hydrogen-bond acceptors (Lipinski definition) is 3. The van der Waals surface area contributed by atoms with E-state index in [1.165, 1.54) is 6.42 Å². The summed E-state index contributed by atoms with van der Waals surface area (Å²) < 4.78 is 12.7. The Labute approximate surface area is 88.0 Å². The molecule has 1 aliphatic rings. The summed E-state index contributed by atoms with van der Waals surface area (Å²) in [6.07, 6.45) is 3.38. The van der Waals surface area contributed by atoms with Gasteiger partial charge < -0.3 is 5.32 Å². The first-order valence-electron chi connectivity index (χ1n) is 5.22. The van der Waals surface area contributed by atoms with Gasteiger partial charge in [-0.2, -0.15) is 0 Å². The molecule has 1 atom stereocenters. The van der Waals surface area contributed by atoms with Crippen molar-refractivity contribution in [2.24, 2.45) is 5.29 Å². The smallest absolute Gasteiger partial charge is 0.334 e. The molecule has 6 heteroatoms. The number of nitrogens with zero attached hydrogens (tertiary/aromatic N) is 2. The van der Waals surface area contributed by atoms with Crippen LogP contribution in [0, 0.1) is 4.91 Å². The van der Waals surface area contributed by atoms with E-state index >= 15 is 0 Å². The number of rotatable bonds is 3. The SMILES string of the molecule is CC(F)N(N=O)C(=O)NC1CCCCC1. The summed E-state index contributed by atoms with van der Waals surface area (Å²) in [6.45, 7) is 1.10. The highest BCUT2D eigenvalue weighted by molar-refractivity contribution is 5.74. The molecule has 1 saturated carbocycles. The van der Waals surface area contributed by atoms with Gasteiger partial charge in [0.1, 0.15) is 0 Å². The lowest BCUT2D eigenvalue weighted by Crippen LogP contribution is -2.45. The van der Waals surface area contributed by atoms with Gasteiger partial charge in [-0.05, 0) is 19.8 Å². The third-order valence-corrected chi connectivity index (χ3v) is 2.57. The van der Waals surface area contributed by atoms with Crippen molar-refractivity contribution in [2.45, 2.75) is 51.4 Å². The Bertz CT molecular complexity index is 229. The van der Waals surface area contributed by atoms with E-state index in [9.17, 15) is 14.1 Å². The zero-order valence-electron chi connectivity index (χ0n) is 8.78. The van der Waals surface area contributed by atoms with Gasteiger partial charge in [0, 0.05) is 6.04 Å². The van der Waals surface area contributed by atoms with E-state index in [1.54, 1.807) is 0 Å². The molecule has 0 radical (unpaired) electrons. The van der Waals surface area contributed by atoms with E-state index in [2.05, 4.69) is 10.6 Å². The Balaban J connectivity index is 2.41. The summed E-state index contributed by atoms with van der Waals surface area (Å²) in [5.74, 6) is 0. The molecule has 0 bridgehead atoms. The van der Waals surface area contributed by atoms with Gasteiger partial charge in [0.2, 0.25) is 0 Å². The molecule has 1 fully saturated rings. The van der Waals surface area contributed by atoms with Crippen LogP contribution in [0.15, 0.2) is 5.29 Å². The third-order valence-electron chi connectivity index (χ3n) is 2.57. The summed E-state index contributed by atoms with van der Waals surface area (Å²) >= 11 is 0. The van der Waals surface area contributed by atoms with Crippen LogP contribution >= 0.6 is 0 Å². The van der Waals surface area contributed by atoms with E-state index < -0.39 is 12.3 Å². The molecule has 1 rings (SSSR count). The predicted octanol–water partition coefficient (Wildman–Crippen LogP) is 2.33. The molecule has 1 unspecified atom stereocenters. The van der Waals surface area contributed by atoms with Crippen molar-refractivity contribution in [3.05, 3.63) is 4.91 Å². The van der Waals surface area contributed by atoms with Crippen LogP contribution in [-0.4, -0.2) is 23.4 Å². The van der Waals surface area contributed by atoms with Crippen molar-refractivity contribution in [3.63, 3.8) is 0 Å². The Morgan fingerprint density at radius 2 is 2.07 bits per heavy atom. The number of carbonyl (C=O) groups is 1. The first-order valence-corrected chi connectivity index (χ1v) is 5.22. The number of alkyl halides is 1. The van der Waals surface area contributed by atoms with Gasteiger partial charge in [-0.3, -0.25) is 0 Å². The number of halogens is 1. The van der Waals surface area contributed by atoms with Crippen molar-refractivity contribution < 1.29 is 9.18 Å². The highest BCUT2D eigenvalue weighted by atomic mass is 19.1. The summed E-state index contributed by atoms with van der Waals surface area (Å²) in [5, 5.41) is 5.24. The van der Waals surface area contributed by atoms with Gasteiger partial charge in [0.05, 0.1) is 5.29 Å². The van der Waals surface area contributed by atoms with E-state index in [0.717, 1.165) is 32.6 Å². The molecular weight excluding hydrogens is 201 g/mol. The van der Waals surface area contributed by atoms with Gasteiger partial charge >= 0.3 is 6.03 Å². The first-order chi connectivity index (χ1) is 7.15. The van der Waals surface area contributed by atoms with Gasteiger partial charge in [0.15, 0.2) is 6.30 Å². The minimum absolute atomic E-state index is 0.0502. The van der Waals surface area contributed by atoms with Crippen LogP contribution in [0.1, 0.15) is 39.0 Å². The number of nitroso groups, excluding NO2 is 1. The van der Waals surface area contributed by atoms with Crippen LogP contribution in [0.25, 0.3) is 0 Å². The second-order valence-electron chi connectivity index (χ2n) is 3.78. The third kappa shape index (κ3) is 3.45. The summed E-state index contributed by atoms with van der Waals surface area (Å²) in [6, 6.07) is -0.693. The minimum Gasteiger partial charge on any atom is -0.334 e. The quantitative estimate of drug-likeness (QED) is 0.448. The zero-order valence-corrected chi connectivity index (χ0v) is 8.78. The second-order valence-corrected chi connectivity index (χ2v) is 3.78. The molecule has 1 N–H and O–H groups in total. The van der Waals surface area contributed by atoms with Crippen molar-refractivity contribution in [3.8, 4) is 0 Å². The number of urea groups is 1. The molecule has 0 aromatic carbocycles. The average molecular weight is 217 g/mol. The molecule has 0 aliphatic heterocycles. The van der Waals surface area contributed by atoms with Crippen LogP contribution in [0.4, 0.5) is 9.18 Å². The summed E-state index contributed by atoms with van der Waals surface area (Å²) in [4.78, 5) is 21.6. The number of hydrogen-bond donors (Lipinski definition) is 1. The molecule has 2 amide bonds. The minimum atomic E-state index is -1.69. The fourth-order valence-electron chi connectivity index (χ4n) is 1.75. The Kier molecular flexibility index (Phi) is 4.45. The van der Waals surface area contributed by atoms with Gasteiger partial charge in [0.25, 0.3) is 0 Å². The molecule has 5 nitrogen and oxygen atoms in total. The largest absolute Gasteiger partial charge is 0.343 e. The molecule has 0 aromatic rings. The first kappa shape index (κ1) is 11.9. The van der Waals surface area contributed by atoms with E-state index in [-0.39, 0.29) is 11.1 Å². The fraction of sp³-hybridized carbons (Fsp3) is 0.889. The average Bonchev–Trinajstić information content (AvgIpc) is 2.19. The number of carbonyl (C=O) groups excluding carboxylic acids is 1. The zero-order chi connectivity index (χ0) is 11.3. The monoisotopic (exact) mass is 217 g/mol. The number of amides is 2. The van der Waals surface area contributed by atoms with Gasteiger partial charge in [-0.15, -0.1) is 9.92 Å². The topological polar surface area (TPSA) is 61.8 Å². The maximum Gasteiger partial charge on any atom is 0.343 e. The van der Waals surface area contributed by atoms with Crippen molar-refractivity contribution >= 4 is 6.03 Å². The molecule has 0 aromatic heterocycles. The van der Waals surface area contributed by atoms with Crippen molar-refractivity contribution in [2.75, 3.05) is 0 Å². The summed E-state index contributed by atoms with van der Waals surface area (Å²) in [7, 11) is 0. The molecule has 1 aliphatic carbocycles. The highest BCUT2D eigenvalue weighted by Gasteiger charge is 2.24. The number of nitrogens with one attached hydrogen (secondary N) is 1. The van der Waals surface area contributed by atoms with Crippen LogP contribution in [0.5, 0.6) is 0 Å². The second kappa shape index (κ2) is 5.63. The Morgan fingerprint density at radius 1 is 1.47 bits per heavy atom. The maximum absolute atomic E-state index is 12.7. The molecule has 0 spiro atoms. The maximum atomic E-state index is 12.7. The lowest BCUT2D eigenvalue weighted by molar-refractivity contribution is 0.115. The van der Waals surface area contributed by atoms with Crippen LogP contribution in [0.2, 0.25) is 0 Å².